The van der Waals surface area contributed by atoms with Gasteiger partial charge in [0, 0.05) is 6.20 Å². The lowest BCUT2D eigenvalue weighted by Crippen LogP contribution is -2.01. The number of benzene rings is 1. The molecule has 0 spiro atoms. The van der Waals surface area contributed by atoms with Crippen molar-refractivity contribution in [3.05, 3.63) is 47.2 Å². The third-order valence-electron chi connectivity index (χ3n) is 2.12. The minimum absolute atomic E-state index is 0.509. The molecule has 2 aromatic rings. The van der Waals surface area contributed by atoms with Crippen molar-refractivity contribution in [2.24, 2.45) is 0 Å². The van der Waals surface area contributed by atoms with Crippen molar-refractivity contribution in [2.45, 2.75) is 0 Å². The number of anilines is 1. The summed E-state index contributed by atoms with van der Waals surface area (Å²) in [4.78, 5) is 0. The number of rotatable bonds is 1. The van der Waals surface area contributed by atoms with E-state index in [1.54, 1.807) is 41.1 Å². The lowest BCUT2D eigenvalue weighted by molar-refractivity contribution is 1.06. The smallest absolute Gasteiger partial charge is 0.124 e. The largest absolute Gasteiger partial charge is 0.397 e. The van der Waals surface area contributed by atoms with Crippen molar-refractivity contribution in [1.29, 1.82) is 5.26 Å². The maximum atomic E-state index is 8.90. The summed E-state index contributed by atoms with van der Waals surface area (Å²) in [5, 5.41) is 9.43. The molecule has 2 N–H and O–H groups in total. The molecule has 1 heterocycles. The van der Waals surface area contributed by atoms with Crippen LogP contribution in [0.2, 0.25) is 5.02 Å². The molecule has 0 saturated carbocycles. The number of aromatic nitrogens is 1. The van der Waals surface area contributed by atoms with Gasteiger partial charge >= 0.3 is 0 Å². The zero-order chi connectivity index (χ0) is 10.8. The summed E-state index contributed by atoms with van der Waals surface area (Å²) in [5.41, 5.74) is 7.54. The average Bonchev–Trinajstić information content (AvgIpc) is 2.65. The Balaban J connectivity index is 2.70. The molecule has 0 amide bonds. The highest BCUT2D eigenvalue weighted by Crippen LogP contribution is 2.27. The van der Waals surface area contributed by atoms with Crippen molar-refractivity contribution < 1.29 is 0 Å². The van der Waals surface area contributed by atoms with Crippen LogP contribution in [0.3, 0.4) is 0 Å². The van der Waals surface area contributed by atoms with Crippen LogP contribution in [-0.2, 0) is 0 Å². The van der Waals surface area contributed by atoms with Crippen LogP contribution in [0, 0.1) is 11.3 Å². The summed E-state index contributed by atoms with van der Waals surface area (Å²) >= 11 is 6.04. The number of para-hydroxylation sites is 1. The molecule has 0 fully saturated rings. The molecule has 0 aliphatic carbocycles. The molecule has 0 saturated heterocycles. The number of nitriles is 1. The van der Waals surface area contributed by atoms with Crippen molar-refractivity contribution >= 4 is 17.3 Å². The van der Waals surface area contributed by atoms with E-state index < -0.39 is 0 Å². The predicted octanol–water partition coefficient (Wildman–Crippen LogP) is 2.58. The number of nitrogens with zero attached hydrogens (tertiary/aromatic N) is 2. The van der Waals surface area contributed by atoms with Crippen molar-refractivity contribution in [1.82, 2.24) is 4.57 Å². The molecule has 1 aromatic heterocycles. The quantitative estimate of drug-likeness (QED) is 0.747. The number of halogens is 1. The van der Waals surface area contributed by atoms with Gasteiger partial charge in [0.2, 0.25) is 0 Å². The maximum Gasteiger partial charge on any atom is 0.124 e. The molecule has 4 heteroatoms. The van der Waals surface area contributed by atoms with Gasteiger partial charge in [-0.2, -0.15) is 5.26 Å². The normalized spacial score (nSPS) is 9.87. The van der Waals surface area contributed by atoms with Crippen LogP contribution in [0.25, 0.3) is 5.69 Å². The first kappa shape index (κ1) is 9.63. The summed E-state index contributed by atoms with van der Waals surface area (Å²) < 4.78 is 1.68. The topological polar surface area (TPSA) is 54.7 Å². The monoisotopic (exact) mass is 217 g/mol. The lowest BCUT2D eigenvalue weighted by atomic mass is 10.2. The van der Waals surface area contributed by atoms with Crippen molar-refractivity contribution in [3.63, 3.8) is 0 Å². The summed E-state index contributed by atoms with van der Waals surface area (Å²) in [6.45, 7) is 0. The van der Waals surface area contributed by atoms with E-state index in [2.05, 4.69) is 6.07 Å². The number of hydrogen-bond donors (Lipinski definition) is 1. The van der Waals surface area contributed by atoms with Crippen LogP contribution in [0.1, 0.15) is 5.69 Å². The summed E-state index contributed by atoms with van der Waals surface area (Å²) in [6.07, 6.45) is 1.76. The molecule has 0 bridgehead atoms. The highest BCUT2D eigenvalue weighted by Gasteiger charge is 2.09. The van der Waals surface area contributed by atoms with Crippen molar-refractivity contribution in [2.75, 3.05) is 5.73 Å². The van der Waals surface area contributed by atoms with E-state index in [1.807, 2.05) is 0 Å². The van der Waals surface area contributed by atoms with Gasteiger partial charge in [-0.05, 0) is 24.3 Å². The van der Waals surface area contributed by atoms with E-state index in [1.165, 1.54) is 0 Å². The molecule has 0 aliphatic rings. The number of nitrogens with two attached hydrogens (primary N) is 1. The standard InChI is InChI=1S/C11H8ClN3/c12-9-4-1-5-10(14)11(9)15-6-2-3-8(15)7-13/h1-6H,14H2. The Morgan fingerprint density at radius 1 is 1.27 bits per heavy atom. The van der Waals surface area contributed by atoms with Crippen LogP contribution in [0.5, 0.6) is 0 Å². The van der Waals surface area contributed by atoms with Crippen LogP contribution in [-0.4, -0.2) is 4.57 Å². The Labute approximate surface area is 92.3 Å². The molecule has 3 nitrogen and oxygen atoms in total. The average molecular weight is 218 g/mol. The van der Waals surface area contributed by atoms with Gasteiger partial charge in [-0.3, -0.25) is 0 Å². The fourth-order valence-corrected chi connectivity index (χ4v) is 1.73. The molecule has 74 valence electrons. The molecular weight excluding hydrogens is 210 g/mol. The van der Waals surface area contributed by atoms with Crippen molar-refractivity contribution in [3.8, 4) is 11.8 Å². The van der Waals surface area contributed by atoms with E-state index in [0.29, 0.717) is 22.1 Å². The van der Waals surface area contributed by atoms with E-state index in [4.69, 9.17) is 22.6 Å². The van der Waals surface area contributed by atoms with Crippen LogP contribution >= 0.6 is 11.6 Å². The van der Waals surface area contributed by atoms with E-state index in [9.17, 15) is 0 Å². The molecule has 0 aliphatic heterocycles. The lowest BCUT2D eigenvalue weighted by Gasteiger charge is -2.09. The van der Waals surface area contributed by atoms with Gasteiger partial charge in [0.1, 0.15) is 11.8 Å². The third kappa shape index (κ3) is 1.56. The minimum atomic E-state index is 0.509. The molecule has 1 aromatic carbocycles. The summed E-state index contributed by atoms with van der Waals surface area (Å²) in [5.74, 6) is 0. The second kappa shape index (κ2) is 3.68. The van der Waals surface area contributed by atoms with Gasteiger partial charge in [0.15, 0.2) is 0 Å². The molecular formula is C11H8ClN3. The Morgan fingerprint density at radius 2 is 2.07 bits per heavy atom. The van der Waals surface area contributed by atoms with Gasteiger partial charge in [0.25, 0.3) is 0 Å². The first-order chi connectivity index (χ1) is 7.24. The Bertz CT molecular complexity index is 517. The van der Waals surface area contributed by atoms with Gasteiger partial charge < -0.3 is 10.3 Å². The molecule has 0 unspecified atom stereocenters. The Morgan fingerprint density at radius 3 is 2.73 bits per heavy atom. The summed E-state index contributed by atoms with van der Waals surface area (Å²) in [6, 6.07) is 10.8. The highest BCUT2D eigenvalue weighted by molar-refractivity contribution is 6.33. The number of nitrogen functional groups attached to an aromatic ring is 1. The van der Waals surface area contributed by atoms with E-state index in [0.717, 1.165) is 0 Å². The zero-order valence-electron chi connectivity index (χ0n) is 7.81. The van der Waals surface area contributed by atoms with Gasteiger partial charge in [-0.15, -0.1) is 0 Å². The van der Waals surface area contributed by atoms with E-state index in [-0.39, 0.29) is 0 Å². The van der Waals surface area contributed by atoms with Gasteiger partial charge in [0.05, 0.1) is 16.4 Å². The highest BCUT2D eigenvalue weighted by atomic mass is 35.5. The second-order valence-corrected chi connectivity index (χ2v) is 3.46. The minimum Gasteiger partial charge on any atom is -0.397 e. The fourth-order valence-electron chi connectivity index (χ4n) is 1.45. The van der Waals surface area contributed by atoms with Crippen LogP contribution in [0.15, 0.2) is 36.5 Å². The van der Waals surface area contributed by atoms with Gasteiger partial charge in [-0.1, -0.05) is 17.7 Å². The van der Waals surface area contributed by atoms with Crippen LogP contribution in [0.4, 0.5) is 5.69 Å². The zero-order valence-corrected chi connectivity index (χ0v) is 8.57. The number of hydrogen-bond acceptors (Lipinski definition) is 2. The Hall–Kier alpha value is -1.92. The third-order valence-corrected chi connectivity index (χ3v) is 2.43. The second-order valence-electron chi connectivity index (χ2n) is 3.05. The first-order valence-electron chi connectivity index (χ1n) is 4.36. The Kier molecular flexibility index (Phi) is 2.36. The van der Waals surface area contributed by atoms with Crippen LogP contribution < -0.4 is 5.73 Å². The maximum absolute atomic E-state index is 8.90. The van der Waals surface area contributed by atoms with E-state index >= 15 is 0 Å². The van der Waals surface area contributed by atoms with Gasteiger partial charge in [-0.25, -0.2) is 0 Å². The molecule has 0 radical (unpaired) electrons. The molecule has 15 heavy (non-hydrogen) atoms. The fraction of sp³-hybridized carbons (Fsp3) is 0. The molecule has 0 atom stereocenters. The molecule has 2 rings (SSSR count). The first-order valence-corrected chi connectivity index (χ1v) is 4.73. The SMILES string of the molecule is N#Cc1cccn1-c1c(N)cccc1Cl. The summed E-state index contributed by atoms with van der Waals surface area (Å²) in [7, 11) is 0. The predicted molar refractivity (Wildman–Crippen MR) is 59.9 cm³/mol.